The van der Waals surface area contributed by atoms with Crippen molar-refractivity contribution in [2.45, 2.75) is 46.5 Å². The van der Waals surface area contributed by atoms with Crippen molar-refractivity contribution in [2.75, 3.05) is 24.2 Å². The van der Waals surface area contributed by atoms with Crippen LogP contribution in [-0.2, 0) is 6.42 Å². The molecule has 1 rings (SSSR count). The van der Waals surface area contributed by atoms with Crippen LogP contribution in [0, 0.1) is 0 Å². The third kappa shape index (κ3) is 4.05. The first-order chi connectivity index (χ1) is 8.72. The zero-order valence-corrected chi connectivity index (χ0v) is 11.6. The molecule has 0 aliphatic carbocycles. The van der Waals surface area contributed by atoms with Crippen molar-refractivity contribution in [2.24, 2.45) is 0 Å². The van der Waals surface area contributed by atoms with Crippen molar-refractivity contribution in [1.82, 2.24) is 9.97 Å². The maximum Gasteiger partial charge on any atom is 0.242 e. The van der Waals surface area contributed by atoms with Crippen molar-refractivity contribution in [3.8, 4) is 5.88 Å². The van der Waals surface area contributed by atoms with Crippen LogP contribution in [0.2, 0.25) is 0 Å². The summed E-state index contributed by atoms with van der Waals surface area (Å²) in [4.78, 5) is 8.79. The van der Waals surface area contributed by atoms with E-state index in [1.54, 1.807) is 0 Å². The fourth-order valence-corrected chi connectivity index (χ4v) is 1.59. The van der Waals surface area contributed by atoms with E-state index >= 15 is 0 Å². The van der Waals surface area contributed by atoms with Crippen LogP contribution >= 0.6 is 0 Å². The molecule has 1 aromatic rings. The molecule has 5 heteroatoms. The number of aryl methyl sites for hydroxylation is 1. The standard InChI is InChI=1S/C13H24N4O/c1-4-7-9-15-12-11(14)13(18-6-3)17-10(16-12)8-5-2/h4-9,14H2,1-3H3,(H,15,16,17). The van der Waals surface area contributed by atoms with E-state index in [0.717, 1.165) is 38.1 Å². The largest absolute Gasteiger partial charge is 0.476 e. The molecule has 1 aromatic heterocycles. The highest BCUT2D eigenvalue weighted by atomic mass is 16.5. The Balaban J connectivity index is 2.90. The highest BCUT2D eigenvalue weighted by Crippen LogP contribution is 2.26. The molecule has 0 aliphatic rings. The summed E-state index contributed by atoms with van der Waals surface area (Å²) in [5.74, 6) is 1.98. The predicted octanol–water partition coefficient (Wildman–Crippen LogP) is 2.62. The second-order valence-corrected chi connectivity index (χ2v) is 4.17. The van der Waals surface area contributed by atoms with Crippen molar-refractivity contribution < 1.29 is 4.74 Å². The van der Waals surface area contributed by atoms with E-state index in [1.807, 2.05) is 6.92 Å². The first-order valence-electron chi connectivity index (χ1n) is 6.75. The van der Waals surface area contributed by atoms with Crippen LogP contribution in [0.3, 0.4) is 0 Å². The van der Waals surface area contributed by atoms with E-state index in [4.69, 9.17) is 10.5 Å². The summed E-state index contributed by atoms with van der Waals surface area (Å²) in [6.45, 7) is 7.60. The van der Waals surface area contributed by atoms with Gasteiger partial charge in [-0.25, -0.2) is 4.98 Å². The molecular weight excluding hydrogens is 228 g/mol. The number of nitrogens with one attached hydrogen (secondary N) is 1. The number of aromatic nitrogens is 2. The van der Waals surface area contributed by atoms with Crippen LogP contribution in [-0.4, -0.2) is 23.1 Å². The molecule has 18 heavy (non-hydrogen) atoms. The minimum Gasteiger partial charge on any atom is -0.476 e. The molecule has 0 bridgehead atoms. The van der Waals surface area contributed by atoms with Gasteiger partial charge in [-0.15, -0.1) is 0 Å². The van der Waals surface area contributed by atoms with E-state index in [0.29, 0.717) is 24.0 Å². The van der Waals surface area contributed by atoms with Crippen molar-refractivity contribution in [1.29, 1.82) is 0 Å². The summed E-state index contributed by atoms with van der Waals surface area (Å²) in [6.07, 6.45) is 4.07. The van der Waals surface area contributed by atoms with Crippen molar-refractivity contribution >= 4 is 11.5 Å². The Kier molecular flexibility index (Phi) is 6.25. The first kappa shape index (κ1) is 14.5. The number of nitrogens with two attached hydrogens (primary N) is 1. The SMILES string of the molecule is CCCCNc1nc(CCC)nc(OCC)c1N. The van der Waals surface area contributed by atoms with Gasteiger partial charge in [0.25, 0.3) is 0 Å². The van der Waals surface area contributed by atoms with Gasteiger partial charge in [0.1, 0.15) is 11.5 Å². The lowest BCUT2D eigenvalue weighted by molar-refractivity contribution is 0.327. The summed E-state index contributed by atoms with van der Waals surface area (Å²) in [7, 11) is 0. The van der Waals surface area contributed by atoms with Gasteiger partial charge in [0, 0.05) is 13.0 Å². The summed E-state index contributed by atoms with van der Waals surface area (Å²) in [5, 5.41) is 3.26. The fourth-order valence-electron chi connectivity index (χ4n) is 1.59. The highest BCUT2D eigenvalue weighted by molar-refractivity contribution is 5.66. The Morgan fingerprint density at radius 3 is 2.56 bits per heavy atom. The van der Waals surface area contributed by atoms with Gasteiger partial charge in [-0.05, 0) is 19.8 Å². The fraction of sp³-hybridized carbons (Fsp3) is 0.692. The molecule has 0 saturated carbocycles. The molecule has 3 N–H and O–H groups in total. The van der Waals surface area contributed by atoms with Crippen molar-refractivity contribution in [3.05, 3.63) is 5.82 Å². The van der Waals surface area contributed by atoms with Gasteiger partial charge in [0.2, 0.25) is 5.88 Å². The van der Waals surface area contributed by atoms with Gasteiger partial charge >= 0.3 is 0 Å². The van der Waals surface area contributed by atoms with Gasteiger partial charge in [0.15, 0.2) is 5.82 Å². The maximum absolute atomic E-state index is 6.00. The zero-order chi connectivity index (χ0) is 13.4. The molecule has 0 spiro atoms. The zero-order valence-electron chi connectivity index (χ0n) is 11.6. The minimum atomic E-state index is 0.495. The van der Waals surface area contributed by atoms with Crippen LogP contribution in [0.1, 0.15) is 45.9 Å². The van der Waals surface area contributed by atoms with Crippen LogP contribution in [0.15, 0.2) is 0 Å². The van der Waals surface area contributed by atoms with Crippen LogP contribution in [0.5, 0.6) is 5.88 Å². The number of ether oxygens (including phenoxy) is 1. The average molecular weight is 252 g/mol. The Hall–Kier alpha value is -1.52. The molecule has 0 aromatic carbocycles. The molecule has 0 unspecified atom stereocenters. The molecule has 102 valence electrons. The Morgan fingerprint density at radius 1 is 1.17 bits per heavy atom. The number of hydrogen-bond acceptors (Lipinski definition) is 5. The summed E-state index contributed by atoms with van der Waals surface area (Å²) in [6, 6.07) is 0. The lowest BCUT2D eigenvalue weighted by Gasteiger charge is -2.13. The summed E-state index contributed by atoms with van der Waals surface area (Å²) in [5.41, 5.74) is 6.51. The normalized spacial score (nSPS) is 10.4. The maximum atomic E-state index is 6.00. The number of unbranched alkanes of at least 4 members (excludes halogenated alkanes) is 1. The van der Waals surface area contributed by atoms with E-state index < -0.39 is 0 Å². The number of nitrogen functional groups attached to an aromatic ring is 1. The van der Waals surface area contributed by atoms with Gasteiger partial charge in [-0.2, -0.15) is 4.98 Å². The quantitative estimate of drug-likeness (QED) is 0.696. The minimum absolute atomic E-state index is 0.495. The van der Waals surface area contributed by atoms with Gasteiger partial charge in [-0.1, -0.05) is 20.3 Å². The van der Waals surface area contributed by atoms with E-state index in [1.165, 1.54) is 0 Å². The third-order valence-electron chi connectivity index (χ3n) is 2.53. The smallest absolute Gasteiger partial charge is 0.242 e. The molecule has 1 heterocycles. The van der Waals surface area contributed by atoms with Crippen LogP contribution < -0.4 is 15.8 Å². The monoisotopic (exact) mass is 252 g/mol. The van der Waals surface area contributed by atoms with E-state index in [9.17, 15) is 0 Å². The summed E-state index contributed by atoms with van der Waals surface area (Å²) < 4.78 is 5.45. The van der Waals surface area contributed by atoms with Gasteiger partial charge in [-0.3, -0.25) is 0 Å². The molecule has 0 aliphatic heterocycles. The molecular formula is C13H24N4O. The predicted molar refractivity (Wildman–Crippen MR) is 75.0 cm³/mol. The molecule has 0 saturated heterocycles. The molecule has 0 amide bonds. The van der Waals surface area contributed by atoms with Crippen molar-refractivity contribution in [3.63, 3.8) is 0 Å². The van der Waals surface area contributed by atoms with Crippen LogP contribution in [0.4, 0.5) is 11.5 Å². The van der Waals surface area contributed by atoms with E-state index in [-0.39, 0.29) is 0 Å². The second-order valence-electron chi connectivity index (χ2n) is 4.17. The van der Waals surface area contributed by atoms with E-state index in [2.05, 4.69) is 29.1 Å². The van der Waals surface area contributed by atoms with Gasteiger partial charge < -0.3 is 15.8 Å². The topological polar surface area (TPSA) is 73.1 Å². The molecule has 0 atom stereocenters. The lowest BCUT2D eigenvalue weighted by atomic mass is 10.3. The van der Waals surface area contributed by atoms with Gasteiger partial charge in [0.05, 0.1) is 6.61 Å². The Bertz CT molecular complexity index is 368. The lowest BCUT2D eigenvalue weighted by Crippen LogP contribution is -2.11. The number of nitrogens with zero attached hydrogens (tertiary/aromatic N) is 2. The third-order valence-corrected chi connectivity index (χ3v) is 2.53. The highest BCUT2D eigenvalue weighted by Gasteiger charge is 2.12. The molecule has 5 nitrogen and oxygen atoms in total. The average Bonchev–Trinajstić information content (AvgIpc) is 2.35. The number of anilines is 2. The Labute approximate surface area is 109 Å². The number of hydrogen-bond donors (Lipinski definition) is 2. The van der Waals surface area contributed by atoms with Crippen LogP contribution in [0.25, 0.3) is 0 Å². The Morgan fingerprint density at radius 2 is 1.94 bits per heavy atom. The first-order valence-corrected chi connectivity index (χ1v) is 6.75. The number of rotatable bonds is 8. The molecule has 0 fully saturated rings. The second kappa shape index (κ2) is 7.74. The molecule has 0 radical (unpaired) electrons. The summed E-state index contributed by atoms with van der Waals surface area (Å²) >= 11 is 0.